The van der Waals surface area contributed by atoms with Gasteiger partial charge in [-0.05, 0) is 35.1 Å². The first-order valence-corrected chi connectivity index (χ1v) is 11.2. The van der Waals surface area contributed by atoms with Crippen LogP contribution in [0.25, 0.3) is 10.4 Å². The van der Waals surface area contributed by atoms with Crippen LogP contribution in [0.2, 0.25) is 0 Å². The Morgan fingerprint density at radius 1 is 1.23 bits per heavy atom. The van der Waals surface area contributed by atoms with Gasteiger partial charge in [0.2, 0.25) is 5.91 Å². The summed E-state index contributed by atoms with van der Waals surface area (Å²) in [5.74, 6) is -0.318. The normalized spacial score (nSPS) is 16.9. The summed E-state index contributed by atoms with van der Waals surface area (Å²) in [5.41, 5.74) is 2.79. The van der Waals surface area contributed by atoms with Crippen LogP contribution in [0, 0.1) is 5.92 Å². The minimum atomic E-state index is -0.299. The molecule has 1 saturated heterocycles. The summed E-state index contributed by atoms with van der Waals surface area (Å²) >= 11 is 1.71. The van der Waals surface area contributed by atoms with Gasteiger partial charge in [-0.15, -0.1) is 17.9 Å². The quantitative estimate of drug-likeness (QED) is 0.558. The van der Waals surface area contributed by atoms with Gasteiger partial charge in [-0.3, -0.25) is 14.3 Å². The number of thiophene rings is 1. The van der Waals surface area contributed by atoms with E-state index in [4.69, 9.17) is 0 Å². The maximum Gasteiger partial charge on any atom is 0.272 e. The van der Waals surface area contributed by atoms with Gasteiger partial charge in [0.1, 0.15) is 5.69 Å². The van der Waals surface area contributed by atoms with Crippen molar-refractivity contribution < 1.29 is 9.59 Å². The van der Waals surface area contributed by atoms with Crippen molar-refractivity contribution in [1.29, 1.82) is 0 Å². The molecule has 0 N–H and O–H groups in total. The zero-order valence-electron chi connectivity index (χ0n) is 17.6. The summed E-state index contributed by atoms with van der Waals surface area (Å²) in [4.78, 5) is 31.1. The van der Waals surface area contributed by atoms with E-state index in [1.54, 1.807) is 51.2 Å². The Morgan fingerprint density at radius 2 is 2.03 bits per heavy atom. The molecule has 0 bridgehead atoms. The second-order valence-corrected chi connectivity index (χ2v) is 8.69. The number of carbonyl (C=O) groups excluding carboxylic acids is 2. The van der Waals surface area contributed by atoms with Gasteiger partial charge in [0.25, 0.3) is 5.91 Å². The Balaban J connectivity index is 1.55. The van der Waals surface area contributed by atoms with E-state index in [-0.39, 0.29) is 17.7 Å². The largest absolute Gasteiger partial charge is 0.337 e. The van der Waals surface area contributed by atoms with Crippen LogP contribution in [0.5, 0.6) is 0 Å². The summed E-state index contributed by atoms with van der Waals surface area (Å²) in [6.45, 7) is 5.66. The predicted molar refractivity (Wildman–Crippen MR) is 123 cm³/mol. The maximum atomic E-state index is 13.2. The lowest BCUT2D eigenvalue weighted by Gasteiger charge is -2.23. The van der Waals surface area contributed by atoms with E-state index in [0.29, 0.717) is 38.3 Å². The number of benzene rings is 1. The molecule has 1 fully saturated rings. The fraction of sp³-hybridized carbons (Fsp3) is 0.292. The van der Waals surface area contributed by atoms with Crippen molar-refractivity contribution in [2.75, 3.05) is 26.2 Å². The highest BCUT2D eigenvalue weighted by atomic mass is 32.1. The molecule has 1 aliphatic heterocycles. The molecule has 2 amide bonds. The van der Waals surface area contributed by atoms with Crippen molar-refractivity contribution in [3.8, 4) is 10.4 Å². The van der Waals surface area contributed by atoms with E-state index < -0.39 is 0 Å². The van der Waals surface area contributed by atoms with E-state index in [2.05, 4.69) is 47.4 Å². The lowest BCUT2D eigenvalue weighted by atomic mass is 9.96. The zero-order valence-corrected chi connectivity index (χ0v) is 18.4. The fourth-order valence-electron chi connectivity index (χ4n) is 4.00. The highest BCUT2D eigenvalue weighted by Gasteiger charge is 2.32. The third kappa shape index (κ3) is 4.61. The number of amides is 2. The van der Waals surface area contributed by atoms with Gasteiger partial charge in [0, 0.05) is 44.3 Å². The highest BCUT2D eigenvalue weighted by molar-refractivity contribution is 7.13. The summed E-state index contributed by atoms with van der Waals surface area (Å²) in [6.07, 6.45) is 3.95. The van der Waals surface area contributed by atoms with Crippen molar-refractivity contribution in [3.63, 3.8) is 0 Å². The first-order chi connectivity index (χ1) is 15.1. The van der Waals surface area contributed by atoms with Crippen molar-refractivity contribution >= 4 is 23.2 Å². The number of hydrogen-bond acceptors (Lipinski definition) is 4. The Morgan fingerprint density at radius 3 is 2.68 bits per heavy atom. The van der Waals surface area contributed by atoms with Crippen LogP contribution in [0.1, 0.15) is 16.1 Å². The van der Waals surface area contributed by atoms with Crippen LogP contribution in [0.15, 0.2) is 66.7 Å². The monoisotopic (exact) mass is 434 g/mol. The Kier molecular flexibility index (Phi) is 6.32. The van der Waals surface area contributed by atoms with Crippen molar-refractivity contribution in [1.82, 2.24) is 19.6 Å². The molecule has 1 atom stereocenters. The summed E-state index contributed by atoms with van der Waals surface area (Å²) in [7, 11) is 1.76. The van der Waals surface area contributed by atoms with E-state index in [9.17, 15) is 9.59 Å². The van der Waals surface area contributed by atoms with Crippen molar-refractivity contribution in [2.24, 2.45) is 13.0 Å². The van der Waals surface area contributed by atoms with Crippen molar-refractivity contribution in [3.05, 3.63) is 78.0 Å². The van der Waals surface area contributed by atoms with E-state index in [1.165, 1.54) is 10.4 Å². The smallest absolute Gasteiger partial charge is 0.272 e. The molecule has 3 aromatic rings. The number of hydrogen-bond donors (Lipinski definition) is 0. The molecular formula is C24H26N4O2S. The number of aromatic nitrogens is 2. The maximum absolute atomic E-state index is 13.2. The molecule has 3 heterocycles. The standard InChI is InChI=1S/C24H26N4O2S/c1-3-12-27-13-14-28(24(30)21-10-11-25-26(21)2)17-20(23(27)29)16-18-6-8-19(9-7-18)22-5-4-15-31-22/h3-11,15,20H,1,12-14,16-17H2,2H3. The van der Waals surface area contributed by atoms with Gasteiger partial charge in [-0.1, -0.05) is 36.4 Å². The van der Waals surface area contributed by atoms with Gasteiger partial charge in [-0.25, -0.2) is 0 Å². The highest BCUT2D eigenvalue weighted by Crippen LogP contribution is 2.26. The number of carbonyl (C=O) groups is 2. The molecule has 6 nitrogen and oxygen atoms in total. The van der Waals surface area contributed by atoms with Crippen LogP contribution < -0.4 is 0 Å². The molecule has 31 heavy (non-hydrogen) atoms. The number of aryl methyl sites for hydroxylation is 1. The second kappa shape index (κ2) is 9.31. The topological polar surface area (TPSA) is 58.4 Å². The molecule has 7 heteroatoms. The molecule has 4 rings (SSSR count). The van der Waals surface area contributed by atoms with Crippen LogP contribution in [-0.2, 0) is 18.3 Å². The van der Waals surface area contributed by atoms with Gasteiger partial charge < -0.3 is 9.80 Å². The van der Waals surface area contributed by atoms with E-state index in [0.717, 1.165) is 5.56 Å². The first-order valence-electron chi connectivity index (χ1n) is 10.4. The first kappa shape index (κ1) is 21.1. The van der Waals surface area contributed by atoms with Crippen LogP contribution in [0.4, 0.5) is 0 Å². The van der Waals surface area contributed by atoms with Crippen LogP contribution in [0.3, 0.4) is 0 Å². The Bertz CT molecular complexity index is 1060. The van der Waals surface area contributed by atoms with E-state index >= 15 is 0 Å². The molecular weight excluding hydrogens is 408 g/mol. The molecule has 1 aromatic carbocycles. The number of rotatable bonds is 6. The minimum Gasteiger partial charge on any atom is -0.337 e. The van der Waals surface area contributed by atoms with Crippen LogP contribution >= 0.6 is 11.3 Å². The Hall–Kier alpha value is -3.19. The SMILES string of the molecule is C=CCN1CCN(C(=O)c2ccnn2C)CC(Cc2ccc(-c3cccs3)cc2)C1=O. The van der Waals surface area contributed by atoms with Crippen molar-refractivity contribution in [2.45, 2.75) is 6.42 Å². The fourth-order valence-corrected chi connectivity index (χ4v) is 4.73. The average molecular weight is 435 g/mol. The molecule has 0 aliphatic carbocycles. The third-order valence-corrected chi connectivity index (χ3v) is 6.58. The van der Waals surface area contributed by atoms with Crippen LogP contribution in [-0.4, -0.2) is 57.6 Å². The number of nitrogens with zero attached hydrogens (tertiary/aromatic N) is 4. The zero-order chi connectivity index (χ0) is 21.8. The molecule has 1 unspecified atom stereocenters. The minimum absolute atomic E-state index is 0.0718. The lowest BCUT2D eigenvalue weighted by Crippen LogP contribution is -2.38. The van der Waals surface area contributed by atoms with Gasteiger partial charge in [0.05, 0.1) is 5.92 Å². The summed E-state index contributed by atoms with van der Waals surface area (Å²) in [6, 6.07) is 14.2. The van der Waals surface area contributed by atoms with Gasteiger partial charge >= 0.3 is 0 Å². The third-order valence-electron chi connectivity index (χ3n) is 5.66. The lowest BCUT2D eigenvalue weighted by molar-refractivity contribution is -0.134. The summed E-state index contributed by atoms with van der Waals surface area (Å²) in [5, 5.41) is 6.18. The predicted octanol–water partition coefficient (Wildman–Crippen LogP) is 3.48. The second-order valence-electron chi connectivity index (χ2n) is 7.74. The summed E-state index contributed by atoms with van der Waals surface area (Å²) < 4.78 is 1.58. The molecule has 0 spiro atoms. The molecule has 2 aromatic heterocycles. The average Bonchev–Trinajstić information content (AvgIpc) is 3.43. The van der Waals surface area contributed by atoms with E-state index in [1.807, 2.05) is 6.07 Å². The molecule has 160 valence electrons. The molecule has 0 radical (unpaired) electrons. The molecule has 1 aliphatic rings. The Labute approximate surface area is 186 Å². The van der Waals surface area contributed by atoms with Gasteiger partial charge in [-0.2, -0.15) is 5.10 Å². The molecule has 0 saturated carbocycles. The van der Waals surface area contributed by atoms with Gasteiger partial charge in [0.15, 0.2) is 0 Å².